The van der Waals surface area contributed by atoms with Crippen molar-refractivity contribution >= 4 is 34.3 Å². The molecule has 2 aromatic carbocycles. The second-order valence-electron chi connectivity index (χ2n) is 7.65. The van der Waals surface area contributed by atoms with Crippen LogP contribution >= 0.6 is 11.6 Å². The molecule has 0 aliphatic carbocycles. The number of hydrogen-bond acceptors (Lipinski definition) is 6. The summed E-state index contributed by atoms with van der Waals surface area (Å²) in [4.78, 5) is 33.1. The molecule has 0 radical (unpaired) electrons. The Morgan fingerprint density at radius 1 is 1.03 bits per heavy atom. The number of aryl methyl sites for hydroxylation is 1. The molecule has 0 N–H and O–H groups in total. The van der Waals surface area contributed by atoms with Crippen LogP contribution in [-0.4, -0.2) is 25.1 Å². The molecule has 3 heterocycles. The number of methoxy groups -OCH3 is 2. The maximum Gasteiger partial charge on any atom is 0.296 e. The minimum atomic E-state index is -0.775. The number of pyridine rings is 1. The second-order valence-corrected chi connectivity index (χ2v) is 8.06. The van der Waals surface area contributed by atoms with Crippen molar-refractivity contribution in [1.82, 2.24) is 4.98 Å². The van der Waals surface area contributed by atoms with Gasteiger partial charge in [-0.2, -0.15) is 0 Å². The van der Waals surface area contributed by atoms with Gasteiger partial charge in [0.2, 0.25) is 5.76 Å². The highest BCUT2D eigenvalue weighted by molar-refractivity contribution is 6.32. The highest BCUT2D eigenvalue weighted by Crippen LogP contribution is 2.42. The van der Waals surface area contributed by atoms with Crippen molar-refractivity contribution < 1.29 is 18.7 Å². The number of carbonyl (C=O) groups is 1. The van der Waals surface area contributed by atoms with E-state index in [2.05, 4.69) is 4.98 Å². The summed E-state index contributed by atoms with van der Waals surface area (Å²) in [6.45, 7) is 1.81. The minimum Gasteiger partial charge on any atom is -0.493 e. The predicted molar refractivity (Wildman–Crippen MR) is 125 cm³/mol. The highest BCUT2D eigenvalue weighted by Gasteiger charge is 2.44. The van der Waals surface area contributed by atoms with Crippen LogP contribution in [0.4, 0.5) is 5.82 Å². The number of nitrogens with zero attached hydrogens (tertiary/aromatic N) is 2. The Morgan fingerprint density at radius 2 is 1.82 bits per heavy atom. The van der Waals surface area contributed by atoms with Crippen molar-refractivity contribution in [3.05, 3.63) is 92.4 Å². The zero-order valence-corrected chi connectivity index (χ0v) is 18.8. The first-order valence-corrected chi connectivity index (χ1v) is 10.6. The topological polar surface area (TPSA) is 81.9 Å². The summed E-state index contributed by atoms with van der Waals surface area (Å²) in [5.41, 5.74) is 1.61. The van der Waals surface area contributed by atoms with Crippen molar-refractivity contribution in [2.75, 3.05) is 19.1 Å². The minimum absolute atomic E-state index is 0.0142. The van der Waals surface area contributed by atoms with Gasteiger partial charge in [0, 0.05) is 11.2 Å². The van der Waals surface area contributed by atoms with Gasteiger partial charge in [-0.25, -0.2) is 4.98 Å². The first-order chi connectivity index (χ1) is 15.9. The van der Waals surface area contributed by atoms with Crippen molar-refractivity contribution in [1.29, 1.82) is 0 Å². The molecule has 33 heavy (non-hydrogen) atoms. The lowest BCUT2D eigenvalue weighted by Gasteiger charge is -2.24. The number of anilines is 1. The van der Waals surface area contributed by atoms with Crippen LogP contribution in [-0.2, 0) is 0 Å². The summed E-state index contributed by atoms with van der Waals surface area (Å²) < 4.78 is 16.8. The Hall–Kier alpha value is -3.84. The van der Waals surface area contributed by atoms with Crippen molar-refractivity contribution in [2.45, 2.75) is 13.0 Å². The Kier molecular flexibility index (Phi) is 5.06. The quantitative estimate of drug-likeness (QED) is 0.428. The van der Waals surface area contributed by atoms with E-state index in [1.54, 1.807) is 61.8 Å². The van der Waals surface area contributed by atoms with Crippen LogP contribution in [0.25, 0.3) is 11.0 Å². The molecule has 0 saturated heterocycles. The van der Waals surface area contributed by atoms with Crippen LogP contribution in [0.1, 0.15) is 33.3 Å². The third-order valence-electron chi connectivity index (χ3n) is 5.77. The van der Waals surface area contributed by atoms with E-state index in [0.29, 0.717) is 38.9 Å². The lowest BCUT2D eigenvalue weighted by molar-refractivity contribution is 0.0970. The molecule has 1 aliphatic heterocycles. The summed E-state index contributed by atoms with van der Waals surface area (Å²) in [6, 6.07) is 13.0. The van der Waals surface area contributed by atoms with Gasteiger partial charge in [0.15, 0.2) is 16.9 Å². The van der Waals surface area contributed by atoms with E-state index in [0.717, 1.165) is 5.56 Å². The van der Waals surface area contributed by atoms with Gasteiger partial charge in [-0.3, -0.25) is 14.5 Å². The molecule has 4 aromatic rings. The molecule has 1 amide bonds. The van der Waals surface area contributed by atoms with Gasteiger partial charge in [0.1, 0.15) is 11.4 Å². The fraction of sp³-hybridized carbons (Fsp3) is 0.160. The van der Waals surface area contributed by atoms with Crippen molar-refractivity contribution in [3.63, 3.8) is 0 Å². The molecule has 0 fully saturated rings. The van der Waals surface area contributed by atoms with Gasteiger partial charge < -0.3 is 13.9 Å². The SMILES string of the molecule is COc1ccc(C2c3c(oc4cc(C)c(Cl)cc4c3=O)C(=O)N2c2ccccn2)cc1OC. The van der Waals surface area contributed by atoms with Crippen molar-refractivity contribution in [3.8, 4) is 11.5 Å². The third-order valence-corrected chi connectivity index (χ3v) is 6.18. The molecule has 0 spiro atoms. The predicted octanol–water partition coefficient (Wildman–Crippen LogP) is 4.92. The standard InChI is InChI=1S/C25H19ClN2O5/c1-13-10-18-15(12-16(13)26)23(29)21-22(14-7-8-17(31-2)19(11-14)32-3)28(25(30)24(21)33-18)20-6-4-5-9-27-20/h4-12,22H,1-3H3. The number of benzene rings is 2. The Labute approximate surface area is 194 Å². The maximum absolute atomic E-state index is 13.7. The number of aromatic nitrogens is 1. The summed E-state index contributed by atoms with van der Waals surface area (Å²) in [5, 5.41) is 0.758. The lowest BCUT2D eigenvalue weighted by atomic mass is 9.97. The molecule has 5 rings (SSSR count). The Bertz CT molecular complexity index is 1470. The summed E-state index contributed by atoms with van der Waals surface area (Å²) in [5.74, 6) is 0.935. The molecule has 0 saturated carbocycles. The second kappa shape index (κ2) is 7.94. The number of fused-ring (bicyclic) bond motifs is 2. The molecule has 7 nitrogen and oxygen atoms in total. The number of ether oxygens (including phenoxy) is 2. The number of hydrogen-bond donors (Lipinski definition) is 0. The Balaban J connectivity index is 1.82. The lowest BCUT2D eigenvalue weighted by Crippen LogP contribution is -2.30. The van der Waals surface area contributed by atoms with Crippen LogP contribution in [0.5, 0.6) is 11.5 Å². The maximum atomic E-state index is 13.7. The average molecular weight is 463 g/mol. The molecule has 0 bridgehead atoms. The van der Waals surface area contributed by atoms with Crippen LogP contribution in [0.2, 0.25) is 5.02 Å². The third kappa shape index (κ3) is 3.24. The van der Waals surface area contributed by atoms with E-state index in [1.807, 2.05) is 6.92 Å². The van der Waals surface area contributed by atoms with Gasteiger partial charge in [-0.1, -0.05) is 23.7 Å². The van der Waals surface area contributed by atoms with Crippen LogP contribution in [0.15, 0.2) is 63.9 Å². The van der Waals surface area contributed by atoms with E-state index in [4.69, 9.17) is 25.5 Å². The fourth-order valence-corrected chi connectivity index (χ4v) is 4.33. The van der Waals surface area contributed by atoms with E-state index in [1.165, 1.54) is 12.0 Å². The van der Waals surface area contributed by atoms with Gasteiger partial charge >= 0.3 is 0 Å². The van der Waals surface area contributed by atoms with Crippen LogP contribution < -0.4 is 19.8 Å². The van der Waals surface area contributed by atoms with Crippen LogP contribution in [0, 0.1) is 6.92 Å². The zero-order chi connectivity index (χ0) is 23.3. The number of rotatable bonds is 4. The normalized spacial score (nSPS) is 15.1. The van der Waals surface area contributed by atoms with Gasteiger partial charge in [-0.15, -0.1) is 0 Å². The molecule has 2 aromatic heterocycles. The van der Waals surface area contributed by atoms with E-state index in [-0.39, 0.29) is 16.8 Å². The van der Waals surface area contributed by atoms with Crippen LogP contribution in [0.3, 0.4) is 0 Å². The fourth-order valence-electron chi connectivity index (χ4n) is 4.16. The number of carbonyl (C=O) groups excluding carboxylic acids is 1. The van der Waals surface area contributed by atoms with Gasteiger partial charge in [0.25, 0.3) is 5.91 Å². The first-order valence-electron chi connectivity index (χ1n) is 10.2. The van der Waals surface area contributed by atoms with Gasteiger partial charge in [0.05, 0.1) is 31.2 Å². The largest absolute Gasteiger partial charge is 0.493 e. The van der Waals surface area contributed by atoms with Crippen molar-refractivity contribution in [2.24, 2.45) is 0 Å². The van der Waals surface area contributed by atoms with E-state index < -0.39 is 11.9 Å². The highest BCUT2D eigenvalue weighted by atomic mass is 35.5. The smallest absolute Gasteiger partial charge is 0.296 e. The molecule has 8 heteroatoms. The zero-order valence-electron chi connectivity index (χ0n) is 18.1. The number of amides is 1. The summed E-state index contributed by atoms with van der Waals surface area (Å²) in [7, 11) is 3.07. The van der Waals surface area contributed by atoms with Gasteiger partial charge in [-0.05, 0) is 54.4 Å². The summed E-state index contributed by atoms with van der Waals surface area (Å²) in [6.07, 6.45) is 1.59. The molecule has 1 unspecified atom stereocenters. The van der Waals surface area contributed by atoms with E-state index in [9.17, 15) is 9.59 Å². The first kappa shape index (κ1) is 21.0. The number of halogens is 1. The van der Waals surface area contributed by atoms with E-state index >= 15 is 0 Å². The average Bonchev–Trinajstić information content (AvgIpc) is 3.13. The molecular formula is C25H19ClN2O5. The summed E-state index contributed by atoms with van der Waals surface area (Å²) >= 11 is 6.29. The molecule has 1 aliphatic rings. The molecular weight excluding hydrogens is 444 g/mol. The molecule has 166 valence electrons. The Morgan fingerprint density at radius 3 is 2.52 bits per heavy atom. The molecule has 1 atom stereocenters. The monoisotopic (exact) mass is 462 g/mol.